The molecule has 1 heterocycles. The second-order valence-corrected chi connectivity index (χ2v) is 5.65. The van der Waals surface area contributed by atoms with E-state index in [9.17, 15) is 8.78 Å². The fourth-order valence-corrected chi connectivity index (χ4v) is 2.94. The van der Waals surface area contributed by atoms with E-state index < -0.39 is 11.6 Å². The molecule has 0 bridgehead atoms. The molecular formula is C16H24F2N2. The largest absolute Gasteiger partial charge is 0.307 e. The molecule has 1 saturated heterocycles. The van der Waals surface area contributed by atoms with Crippen molar-refractivity contribution in [1.82, 2.24) is 10.2 Å². The summed E-state index contributed by atoms with van der Waals surface area (Å²) in [5, 5.41) is 3.43. The van der Waals surface area contributed by atoms with Crippen LogP contribution in [0.4, 0.5) is 8.78 Å². The average Bonchev–Trinajstić information content (AvgIpc) is 2.44. The van der Waals surface area contributed by atoms with E-state index >= 15 is 0 Å². The number of nitrogens with zero attached hydrogens (tertiary/aromatic N) is 1. The molecule has 1 fully saturated rings. The van der Waals surface area contributed by atoms with Crippen molar-refractivity contribution in [2.24, 2.45) is 0 Å². The van der Waals surface area contributed by atoms with Crippen molar-refractivity contribution in [2.75, 3.05) is 19.6 Å². The Morgan fingerprint density at radius 2 is 2.00 bits per heavy atom. The molecule has 1 atom stereocenters. The van der Waals surface area contributed by atoms with E-state index in [1.54, 1.807) is 12.1 Å². The lowest BCUT2D eigenvalue weighted by atomic mass is 10.0. The van der Waals surface area contributed by atoms with E-state index in [0.29, 0.717) is 11.6 Å². The normalized spacial score (nSPS) is 19.2. The topological polar surface area (TPSA) is 15.3 Å². The highest BCUT2D eigenvalue weighted by molar-refractivity contribution is 5.22. The highest BCUT2D eigenvalue weighted by Gasteiger charge is 2.22. The second-order valence-electron chi connectivity index (χ2n) is 5.65. The third kappa shape index (κ3) is 3.76. The van der Waals surface area contributed by atoms with Crippen LogP contribution < -0.4 is 5.32 Å². The van der Waals surface area contributed by atoms with E-state index in [0.717, 1.165) is 38.5 Å². The summed E-state index contributed by atoms with van der Waals surface area (Å²) in [5.41, 5.74) is 0.418. The molecule has 0 radical (unpaired) electrons. The molecule has 1 aliphatic heterocycles. The van der Waals surface area contributed by atoms with E-state index in [1.807, 2.05) is 6.92 Å². The number of halogens is 2. The summed E-state index contributed by atoms with van der Waals surface area (Å²) in [5.74, 6) is -1.50. The monoisotopic (exact) mass is 282 g/mol. The highest BCUT2D eigenvalue weighted by Crippen LogP contribution is 2.21. The van der Waals surface area contributed by atoms with Gasteiger partial charge in [-0.15, -0.1) is 0 Å². The summed E-state index contributed by atoms with van der Waals surface area (Å²) in [7, 11) is 0. The van der Waals surface area contributed by atoms with Crippen LogP contribution in [0, 0.1) is 11.6 Å². The van der Waals surface area contributed by atoms with Gasteiger partial charge in [0.05, 0.1) is 0 Å². The number of benzene rings is 1. The van der Waals surface area contributed by atoms with Crippen molar-refractivity contribution in [3.63, 3.8) is 0 Å². The zero-order valence-electron chi connectivity index (χ0n) is 12.3. The molecule has 1 aliphatic rings. The van der Waals surface area contributed by atoms with Gasteiger partial charge in [-0.1, -0.05) is 19.1 Å². The number of piperidine rings is 1. The quantitative estimate of drug-likeness (QED) is 0.889. The summed E-state index contributed by atoms with van der Waals surface area (Å²) < 4.78 is 27.0. The molecular weight excluding hydrogens is 258 g/mol. The van der Waals surface area contributed by atoms with Gasteiger partial charge in [-0.25, -0.2) is 8.78 Å². The molecule has 1 aromatic rings. The van der Waals surface area contributed by atoms with E-state index in [1.165, 1.54) is 6.42 Å². The van der Waals surface area contributed by atoms with Crippen LogP contribution in [0.2, 0.25) is 0 Å². The molecule has 1 N–H and O–H groups in total. The summed E-state index contributed by atoms with van der Waals surface area (Å²) >= 11 is 0. The summed E-state index contributed by atoms with van der Waals surface area (Å²) in [6.07, 6.45) is 3.32. The molecule has 2 nitrogen and oxygen atoms in total. The van der Waals surface area contributed by atoms with Crippen molar-refractivity contribution in [3.05, 3.63) is 35.4 Å². The predicted molar refractivity (Wildman–Crippen MR) is 77.7 cm³/mol. The summed E-state index contributed by atoms with van der Waals surface area (Å²) in [6, 6.07) is 4.61. The SMILES string of the molecule is CCCN1CCC(NC(C)c2cccc(F)c2F)CC1. The van der Waals surface area contributed by atoms with Gasteiger partial charge < -0.3 is 10.2 Å². The van der Waals surface area contributed by atoms with Crippen LogP contribution in [0.25, 0.3) is 0 Å². The Morgan fingerprint density at radius 1 is 1.30 bits per heavy atom. The van der Waals surface area contributed by atoms with E-state index in [4.69, 9.17) is 0 Å². The van der Waals surface area contributed by atoms with Crippen molar-refractivity contribution in [3.8, 4) is 0 Å². The Balaban J connectivity index is 1.89. The van der Waals surface area contributed by atoms with Crippen molar-refractivity contribution in [2.45, 2.75) is 45.2 Å². The molecule has 1 aromatic carbocycles. The Labute approximate surface area is 120 Å². The Kier molecular flexibility index (Phi) is 5.49. The van der Waals surface area contributed by atoms with Gasteiger partial charge in [-0.3, -0.25) is 0 Å². The zero-order chi connectivity index (χ0) is 14.5. The average molecular weight is 282 g/mol. The first kappa shape index (κ1) is 15.4. The molecule has 0 aromatic heterocycles. The molecule has 1 unspecified atom stereocenters. The molecule has 0 aliphatic carbocycles. The maximum atomic E-state index is 13.7. The maximum Gasteiger partial charge on any atom is 0.163 e. The number of likely N-dealkylation sites (tertiary alicyclic amines) is 1. The minimum Gasteiger partial charge on any atom is -0.307 e. The van der Waals surface area contributed by atoms with Gasteiger partial charge in [0, 0.05) is 17.6 Å². The number of nitrogens with one attached hydrogen (secondary N) is 1. The first-order valence-electron chi connectivity index (χ1n) is 7.54. The molecule has 4 heteroatoms. The van der Waals surface area contributed by atoms with E-state index in [2.05, 4.69) is 17.1 Å². The standard InChI is InChI=1S/C16H24F2N2/c1-3-9-20-10-7-13(8-11-20)19-12(2)14-5-4-6-15(17)16(14)18/h4-6,12-13,19H,3,7-11H2,1-2H3. The number of hydrogen-bond acceptors (Lipinski definition) is 2. The lowest BCUT2D eigenvalue weighted by molar-refractivity contribution is 0.192. The summed E-state index contributed by atoms with van der Waals surface area (Å²) in [6.45, 7) is 7.42. The lowest BCUT2D eigenvalue weighted by Gasteiger charge is -2.33. The van der Waals surface area contributed by atoms with Gasteiger partial charge >= 0.3 is 0 Å². The Bertz CT molecular complexity index is 428. The van der Waals surface area contributed by atoms with E-state index in [-0.39, 0.29) is 6.04 Å². The van der Waals surface area contributed by atoms with Gasteiger partial charge in [0.1, 0.15) is 0 Å². The molecule has 0 amide bonds. The number of rotatable bonds is 5. The van der Waals surface area contributed by atoms with Gasteiger partial charge in [-0.2, -0.15) is 0 Å². The maximum absolute atomic E-state index is 13.7. The second kappa shape index (κ2) is 7.14. The van der Waals surface area contributed by atoms with Gasteiger partial charge in [0.2, 0.25) is 0 Å². The van der Waals surface area contributed by atoms with Crippen LogP contribution >= 0.6 is 0 Å². The van der Waals surface area contributed by atoms with Crippen molar-refractivity contribution in [1.29, 1.82) is 0 Å². The minimum atomic E-state index is -0.770. The Morgan fingerprint density at radius 3 is 2.65 bits per heavy atom. The van der Waals surface area contributed by atoms with Crippen LogP contribution in [0.3, 0.4) is 0 Å². The van der Waals surface area contributed by atoms with Crippen LogP contribution in [0.1, 0.15) is 44.7 Å². The fourth-order valence-electron chi connectivity index (χ4n) is 2.94. The zero-order valence-corrected chi connectivity index (χ0v) is 12.3. The van der Waals surface area contributed by atoms with Crippen LogP contribution in [-0.4, -0.2) is 30.6 Å². The van der Waals surface area contributed by atoms with Gasteiger partial charge in [0.15, 0.2) is 11.6 Å². The molecule has 20 heavy (non-hydrogen) atoms. The lowest BCUT2D eigenvalue weighted by Crippen LogP contribution is -2.43. The third-order valence-electron chi connectivity index (χ3n) is 4.06. The van der Waals surface area contributed by atoms with Crippen LogP contribution in [0.15, 0.2) is 18.2 Å². The van der Waals surface area contributed by atoms with Gasteiger partial charge in [0.25, 0.3) is 0 Å². The fraction of sp³-hybridized carbons (Fsp3) is 0.625. The highest BCUT2D eigenvalue weighted by atomic mass is 19.2. The van der Waals surface area contributed by atoms with Crippen LogP contribution in [0.5, 0.6) is 0 Å². The predicted octanol–water partition coefficient (Wildman–Crippen LogP) is 3.49. The van der Waals surface area contributed by atoms with Crippen LogP contribution in [-0.2, 0) is 0 Å². The minimum absolute atomic E-state index is 0.159. The number of hydrogen-bond donors (Lipinski definition) is 1. The molecule has 2 rings (SSSR count). The molecule has 0 spiro atoms. The first-order chi connectivity index (χ1) is 9.61. The van der Waals surface area contributed by atoms with Crippen molar-refractivity contribution >= 4 is 0 Å². The smallest absolute Gasteiger partial charge is 0.163 e. The first-order valence-corrected chi connectivity index (χ1v) is 7.54. The molecule has 112 valence electrons. The van der Waals surface area contributed by atoms with Gasteiger partial charge in [-0.05, 0) is 51.9 Å². The summed E-state index contributed by atoms with van der Waals surface area (Å²) in [4.78, 5) is 2.46. The third-order valence-corrected chi connectivity index (χ3v) is 4.06. The van der Waals surface area contributed by atoms with Crippen molar-refractivity contribution < 1.29 is 8.78 Å². The Hall–Kier alpha value is -1.00. The molecule has 0 saturated carbocycles.